The van der Waals surface area contributed by atoms with Gasteiger partial charge in [0, 0.05) is 0 Å². The molecule has 14 heavy (non-hydrogen) atoms. The molecule has 0 fully saturated rings. The minimum absolute atomic E-state index is 0.180. The SMILES string of the molecule is CCCc1c(C)cccc1P(=O)(O)O. The molecule has 1 aromatic carbocycles. The van der Waals surface area contributed by atoms with Gasteiger partial charge in [-0.05, 0) is 30.5 Å². The highest BCUT2D eigenvalue weighted by Gasteiger charge is 2.21. The van der Waals surface area contributed by atoms with Crippen molar-refractivity contribution in [2.75, 3.05) is 0 Å². The molecular weight excluding hydrogens is 199 g/mol. The van der Waals surface area contributed by atoms with Crippen molar-refractivity contribution in [3.05, 3.63) is 29.3 Å². The second kappa shape index (κ2) is 4.26. The van der Waals surface area contributed by atoms with Crippen LogP contribution >= 0.6 is 7.60 Å². The smallest absolute Gasteiger partial charge is 0.321 e. The molecule has 0 aliphatic heterocycles. The van der Waals surface area contributed by atoms with E-state index in [4.69, 9.17) is 9.79 Å². The van der Waals surface area contributed by atoms with E-state index in [1.807, 2.05) is 19.9 Å². The Kier molecular flexibility index (Phi) is 3.48. The Morgan fingerprint density at radius 2 is 2.00 bits per heavy atom. The van der Waals surface area contributed by atoms with Gasteiger partial charge in [0.15, 0.2) is 0 Å². The Morgan fingerprint density at radius 3 is 2.50 bits per heavy atom. The van der Waals surface area contributed by atoms with Gasteiger partial charge in [-0.25, -0.2) is 0 Å². The molecule has 0 aliphatic carbocycles. The van der Waals surface area contributed by atoms with Crippen molar-refractivity contribution in [1.82, 2.24) is 0 Å². The first-order valence-electron chi connectivity index (χ1n) is 4.61. The standard InChI is InChI=1S/C10H15O3P/c1-3-5-9-8(2)6-4-7-10(9)14(11,12)13/h4,6-7H,3,5H2,1-2H3,(H2,11,12,13). The van der Waals surface area contributed by atoms with E-state index < -0.39 is 7.60 Å². The van der Waals surface area contributed by atoms with Crippen molar-refractivity contribution in [2.45, 2.75) is 26.7 Å². The van der Waals surface area contributed by atoms with Crippen LogP contribution in [0.2, 0.25) is 0 Å². The van der Waals surface area contributed by atoms with E-state index in [9.17, 15) is 4.57 Å². The minimum atomic E-state index is -4.11. The molecule has 78 valence electrons. The van der Waals surface area contributed by atoms with Crippen LogP contribution in [0.3, 0.4) is 0 Å². The highest BCUT2D eigenvalue weighted by atomic mass is 31.2. The van der Waals surface area contributed by atoms with Crippen molar-refractivity contribution in [3.63, 3.8) is 0 Å². The fourth-order valence-corrected chi connectivity index (χ4v) is 2.45. The summed E-state index contributed by atoms with van der Waals surface area (Å²) in [6, 6.07) is 5.08. The van der Waals surface area contributed by atoms with E-state index in [2.05, 4.69) is 0 Å². The summed E-state index contributed by atoms with van der Waals surface area (Å²) >= 11 is 0. The molecule has 1 aromatic rings. The van der Waals surface area contributed by atoms with Gasteiger partial charge in [0.05, 0.1) is 5.30 Å². The first kappa shape index (κ1) is 11.4. The van der Waals surface area contributed by atoms with Gasteiger partial charge >= 0.3 is 7.60 Å². The molecule has 0 heterocycles. The molecule has 0 unspecified atom stereocenters. The maximum atomic E-state index is 11.2. The zero-order chi connectivity index (χ0) is 10.8. The average molecular weight is 214 g/mol. The van der Waals surface area contributed by atoms with Crippen molar-refractivity contribution in [3.8, 4) is 0 Å². The Bertz CT molecular complexity index is 368. The quantitative estimate of drug-likeness (QED) is 0.753. The maximum absolute atomic E-state index is 11.2. The van der Waals surface area contributed by atoms with Crippen LogP contribution in [0.1, 0.15) is 24.5 Å². The van der Waals surface area contributed by atoms with Crippen molar-refractivity contribution < 1.29 is 14.4 Å². The largest absolute Gasteiger partial charge is 0.356 e. The lowest BCUT2D eigenvalue weighted by Gasteiger charge is -2.12. The number of aryl methyl sites for hydroxylation is 1. The molecule has 3 nitrogen and oxygen atoms in total. The van der Waals surface area contributed by atoms with Crippen LogP contribution in [0.5, 0.6) is 0 Å². The van der Waals surface area contributed by atoms with Gasteiger partial charge in [0.25, 0.3) is 0 Å². The monoisotopic (exact) mass is 214 g/mol. The van der Waals surface area contributed by atoms with Gasteiger partial charge in [0.1, 0.15) is 0 Å². The fraction of sp³-hybridized carbons (Fsp3) is 0.400. The summed E-state index contributed by atoms with van der Waals surface area (Å²) in [5.41, 5.74) is 1.75. The maximum Gasteiger partial charge on any atom is 0.356 e. The van der Waals surface area contributed by atoms with E-state index in [-0.39, 0.29) is 5.30 Å². The Hall–Kier alpha value is -0.630. The summed E-state index contributed by atoms with van der Waals surface area (Å²) in [4.78, 5) is 18.3. The molecule has 0 amide bonds. The summed E-state index contributed by atoms with van der Waals surface area (Å²) in [6.07, 6.45) is 1.60. The molecule has 1 rings (SSSR count). The van der Waals surface area contributed by atoms with Gasteiger partial charge in [-0.1, -0.05) is 25.5 Å². The van der Waals surface area contributed by atoms with Crippen LogP contribution in [0.25, 0.3) is 0 Å². The predicted octanol–water partition coefficient (Wildman–Crippen LogP) is 1.75. The average Bonchev–Trinajstić information content (AvgIpc) is 2.07. The minimum Gasteiger partial charge on any atom is -0.321 e. The first-order valence-corrected chi connectivity index (χ1v) is 6.22. The Labute approximate surface area is 83.9 Å². The van der Waals surface area contributed by atoms with E-state index >= 15 is 0 Å². The third-order valence-electron chi connectivity index (χ3n) is 2.20. The lowest BCUT2D eigenvalue weighted by molar-refractivity contribution is 0.387. The summed E-state index contributed by atoms with van der Waals surface area (Å²) in [5.74, 6) is 0. The summed E-state index contributed by atoms with van der Waals surface area (Å²) in [7, 11) is -4.11. The second-order valence-corrected chi connectivity index (χ2v) is 4.94. The van der Waals surface area contributed by atoms with Crippen LogP contribution in [0.15, 0.2) is 18.2 Å². The summed E-state index contributed by atoms with van der Waals surface area (Å²) in [6.45, 7) is 3.88. The van der Waals surface area contributed by atoms with Crippen LogP contribution in [0.4, 0.5) is 0 Å². The van der Waals surface area contributed by atoms with Crippen molar-refractivity contribution in [2.24, 2.45) is 0 Å². The van der Waals surface area contributed by atoms with Gasteiger partial charge in [0.2, 0.25) is 0 Å². The van der Waals surface area contributed by atoms with Crippen LogP contribution in [-0.4, -0.2) is 9.79 Å². The van der Waals surface area contributed by atoms with Crippen LogP contribution in [0, 0.1) is 6.92 Å². The molecule has 0 saturated heterocycles. The molecule has 2 N–H and O–H groups in total. The van der Waals surface area contributed by atoms with Crippen molar-refractivity contribution in [1.29, 1.82) is 0 Å². The first-order chi connectivity index (χ1) is 6.46. The molecule has 0 aliphatic rings. The van der Waals surface area contributed by atoms with Gasteiger partial charge in [-0.2, -0.15) is 0 Å². The fourth-order valence-electron chi connectivity index (χ4n) is 1.53. The Morgan fingerprint density at radius 1 is 1.36 bits per heavy atom. The van der Waals surface area contributed by atoms with Crippen LogP contribution in [-0.2, 0) is 11.0 Å². The molecule has 0 spiro atoms. The molecule has 0 saturated carbocycles. The third kappa shape index (κ3) is 2.44. The number of hydrogen-bond acceptors (Lipinski definition) is 1. The third-order valence-corrected chi connectivity index (χ3v) is 3.25. The normalized spacial score (nSPS) is 11.7. The zero-order valence-electron chi connectivity index (χ0n) is 8.40. The van der Waals surface area contributed by atoms with E-state index in [1.165, 1.54) is 6.07 Å². The summed E-state index contributed by atoms with van der Waals surface area (Å²) in [5, 5.41) is 0.180. The highest BCUT2D eigenvalue weighted by Crippen LogP contribution is 2.35. The molecule has 0 atom stereocenters. The van der Waals surface area contributed by atoms with Gasteiger partial charge < -0.3 is 9.79 Å². The molecule has 0 aromatic heterocycles. The van der Waals surface area contributed by atoms with E-state index in [0.717, 1.165) is 17.5 Å². The molecule has 0 bridgehead atoms. The lowest BCUT2D eigenvalue weighted by Crippen LogP contribution is -2.12. The molecule has 0 radical (unpaired) electrons. The highest BCUT2D eigenvalue weighted by molar-refractivity contribution is 7.60. The van der Waals surface area contributed by atoms with Gasteiger partial charge in [-0.3, -0.25) is 4.57 Å². The summed E-state index contributed by atoms with van der Waals surface area (Å²) < 4.78 is 11.2. The topological polar surface area (TPSA) is 57.5 Å². The second-order valence-electron chi connectivity index (χ2n) is 3.37. The molecular formula is C10H15O3P. The Balaban J connectivity index is 3.28. The number of rotatable bonds is 3. The molecule has 4 heteroatoms. The lowest BCUT2D eigenvalue weighted by atomic mass is 10.0. The number of hydrogen-bond donors (Lipinski definition) is 2. The zero-order valence-corrected chi connectivity index (χ0v) is 9.29. The van der Waals surface area contributed by atoms with Crippen molar-refractivity contribution >= 4 is 12.9 Å². The number of benzene rings is 1. The van der Waals surface area contributed by atoms with E-state index in [1.54, 1.807) is 6.07 Å². The van der Waals surface area contributed by atoms with Gasteiger partial charge in [-0.15, -0.1) is 0 Å². The van der Waals surface area contributed by atoms with Crippen LogP contribution < -0.4 is 5.30 Å². The van der Waals surface area contributed by atoms with E-state index in [0.29, 0.717) is 6.42 Å². The predicted molar refractivity (Wildman–Crippen MR) is 56.9 cm³/mol.